The Balaban J connectivity index is 1.19. The average Bonchev–Trinajstić information content (AvgIpc) is 3.37. The van der Waals surface area contributed by atoms with Crippen LogP contribution in [-0.4, -0.2) is 69.5 Å². The van der Waals surface area contributed by atoms with Gasteiger partial charge in [-0.25, -0.2) is 28.4 Å². The molecule has 1 fully saturated rings. The Morgan fingerprint density at radius 1 is 0.816 bits per heavy atom. The minimum absolute atomic E-state index is 0.452. The van der Waals surface area contributed by atoms with Crippen LogP contribution in [0.3, 0.4) is 0 Å². The summed E-state index contributed by atoms with van der Waals surface area (Å²) in [6.45, 7) is 2.11. The van der Waals surface area contributed by atoms with Crippen LogP contribution in [0.4, 0.5) is 17.5 Å². The number of aromatic nitrogens is 5. The molecule has 1 N–H and O–H groups in total. The van der Waals surface area contributed by atoms with E-state index < -0.39 is 10.0 Å². The van der Waals surface area contributed by atoms with Gasteiger partial charge in [-0.3, -0.25) is 4.40 Å². The first kappa shape index (κ1) is 24.0. The normalized spacial score (nSPS) is 14.6. The van der Waals surface area contributed by atoms with E-state index in [4.69, 9.17) is 4.98 Å². The number of rotatable bonds is 6. The lowest BCUT2D eigenvalue weighted by Gasteiger charge is -2.33. The second-order valence-corrected chi connectivity index (χ2v) is 11.1. The number of nitrogens with one attached hydrogen (secondary N) is 1. The highest BCUT2D eigenvalue weighted by molar-refractivity contribution is 7.88. The standard InChI is InChI=1S/C27H26N8O2S/c1-38(36,37)34-15-13-33(14-16-34)25-10-8-22(17-29-25)31-27-28-12-11-23(32-27)24-18-30-26-9-7-21(19-35(24)26)20-5-3-2-4-6-20/h2-12,17-19H,13-16H2,1H3,(H,28,31,32). The molecular formula is C27H26N8O2S. The van der Waals surface area contributed by atoms with E-state index in [9.17, 15) is 8.42 Å². The lowest BCUT2D eigenvalue weighted by molar-refractivity contribution is 0.387. The minimum atomic E-state index is -3.16. The number of fused-ring (bicyclic) bond motifs is 1. The second-order valence-electron chi connectivity index (χ2n) is 9.10. The van der Waals surface area contributed by atoms with Gasteiger partial charge in [-0.2, -0.15) is 4.31 Å². The molecule has 11 heteroatoms. The van der Waals surface area contributed by atoms with Crippen molar-refractivity contribution in [3.8, 4) is 22.5 Å². The third kappa shape index (κ3) is 4.93. The Hall–Kier alpha value is -4.35. The van der Waals surface area contributed by atoms with Gasteiger partial charge >= 0.3 is 0 Å². The van der Waals surface area contributed by atoms with Crippen molar-refractivity contribution < 1.29 is 8.42 Å². The third-order valence-electron chi connectivity index (χ3n) is 6.57. The number of pyridine rings is 2. The van der Waals surface area contributed by atoms with E-state index >= 15 is 0 Å². The molecule has 1 aliphatic rings. The number of anilines is 3. The van der Waals surface area contributed by atoms with Crippen LogP contribution in [0.2, 0.25) is 0 Å². The highest BCUT2D eigenvalue weighted by Crippen LogP contribution is 2.25. The van der Waals surface area contributed by atoms with Gasteiger partial charge in [0.05, 0.1) is 35.7 Å². The van der Waals surface area contributed by atoms with Gasteiger partial charge < -0.3 is 10.2 Å². The van der Waals surface area contributed by atoms with Gasteiger partial charge in [0, 0.05) is 38.6 Å². The maximum atomic E-state index is 11.8. The molecule has 10 nitrogen and oxygen atoms in total. The monoisotopic (exact) mass is 526 g/mol. The SMILES string of the molecule is CS(=O)(=O)N1CCN(c2ccc(Nc3nccc(-c4cnc5ccc(-c6ccccc6)cn45)n3)cn2)CC1. The molecule has 0 atom stereocenters. The maximum absolute atomic E-state index is 11.8. The molecule has 5 heterocycles. The lowest BCUT2D eigenvalue weighted by Crippen LogP contribution is -2.48. The van der Waals surface area contributed by atoms with Crippen LogP contribution in [0.25, 0.3) is 28.2 Å². The smallest absolute Gasteiger partial charge is 0.227 e. The fourth-order valence-corrected chi connectivity index (χ4v) is 5.38. The van der Waals surface area contributed by atoms with Crippen LogP contribution in [0.5, 0.6) is 0 Å². The highest BCUT2D eigenvalue weighted by atomic mass is 32.2. The lowest BCUT2D eigenvalue weighted by atomic mass is 10.1. The van der Waals surface area contributed by atoms with E-state index in [0.717, 1.165) is 39.7 Å². The zero-order valence-electron chi connectivity index (χ0n) is 20.8. The van der Waals surface area contributed by atoms with Crippen molar-refractivity contribution in [1.82, 2.24) is 28.6 Å². The van der Waals surface area contributed by atoms with Crippen LogP contribution in [0.15, 0.2) is 85.5 Å². The molecule has 0 spiro atoms. The van der Waals surface area contributed by atoms with Crippen LogP contribution in [-0.2, 0) is 10.0 Å². The van der Waals surface area contributed by atoms with E-state index in [-0.39, 0.29) is 0 Å². The molecule has 1 saturated heterocycles. The Kier molecular flexibility index (Phi) is 6.22. The molecule has 0 amide bonds. The van der Waals surface area contributed by atoms with Crippen molar-refractivity contribution in [3.63, 3.8) is 0 Å². The van der Waals surface area contributed by atoms with Crippen LogP contribution >= 0.6 is 0 Å². The fraction of sp³-hybridized carbons (Fsp3) is 0.185. The number of nitrogens with zero attached hydrogens (tertiary/aromatic N) is 7. The summed E-state index contributed by atoms with van der Waals surface area (Å²) in [5.41, 5.74) is 5.43. The van der Waals surface area contributed by atoms with Crippen molar-refractivity contribution >= 4 is 33.1 Å². The summed E-state index contributed by atoms with van der Waals surface area (Å²) in [4.78, 5) is 20.3. The summed E-state index contributed by atoms with van der Waals surface area (Å²) in [5.74, 6) is 1.26. The Morgan fingerprint density at radius 3 is 2.37 bits per heavy atom. The van der Waals surface area contributed by atoms with E-state index in [2.05, 4.69) is 49.6 Å². The average molecular weight is 527 g/mol. The predicted molar refractivity (Wildman–Crippen MR) is 148 cm³/mol. The summed E-state index contributed by atoms with van der Waals surface area (Å²) < 4.78 is 27.0. The van der Waals surface area contributed by atoms with Crippen molar-refractivity contribution in [3.05, 3.63) is 85.5 Å². The van der Waals surface area contributed by atoms with Crippen molar-refractivity contribution in [2.45, 2.75) is 0 Å². The fourth-order valence-electron chi connectivity index (χ4n) is 4.56. The van der Waals surface area contributed by atoms with Crippen molar-refractivity contribution in [1.29, 1.82) is 0 Å². The first-order valence-electron chi connectivity index (χ1n) is 12.2. The molecule has 0 saturated carbocycles. The molecule has 4 aromatic heterocycles. The number of imidazole rings is 1. The van der Waals surface area contributed by atoms with E-state index in [1.807, 2.05) is 53.1 Å². The number of benzene rings is 1. The number of hydrogen-bond donors (Lipinski definition) is 1. The van der Waals surface area contributed by atoms with Gasteiger partial charge in [0.15, 0.2) is 0 Å². The summed E-state index contributed by atoms with van der Waals surface area (Å²) in [6, 6.07) is 20.0. The van der Waals surface area contributed by atoms with Gasteiger partial charge in [0.2, 0.25) is 16.0 Å². The number of sulfonamides is 1. The summed E-state index contributed by atoms with van der Waals surface area (Å²) in [5, 5.41) is 3.23. The van der Waals surface area contributed by atoms with E-state index in [1.54, 1.807) is 12.4 Å². The molecule has 5 aromatic rings. The van der Waals surface area contributed by atoms with Crippen molar-refractivity contribution in [2.75, 3.05) is 42.7 Å². The van der Waals surface area contributed by atoms with Crippen LogP contribution < -0.4 is 10.2 Å². The summed E-state index contributed by atoms with van der Waals surface area (Å²) >= 11 is 0. The van der Waals surface area contributed by atoms with Gasteiger partial charge in [0.1, 0.15) is 11.5 Å². The van der Waals surface area contributed by atoms with Gasteiger partial charge in [-0.15, -0.1) is 0 Å². The Bertz CT molecular complexity index is 1680. The third-order valence-corrected chi connectivity index (χ3v) is 7.87. The molecule has 0 aliphatic carbocycles. The van der Waals surface area contributed by atoms with Gasteiger partial charge in [-0.05, 0) is 41.5 Å². The predicted octanol–water partition coefficient (Wildman–Crippen LogP) is 3.68. The maximum Gasteiger partial charge on any atom is 0.227 e. The summed E-state index contributed by atoms with van der Waals surface area (Å²) in [7, 11) is -3.16. The molecule has 192 valence electrons. The zero-order valence-corrected chi connectivity index (χ0v) is 21.6. The molecule has 0 unspecified atom stereocenters. The van der Waals surface area contributed by atoms with Crippen molar-refractivity contribution in [2.24, 2.45) is 0 Å². The largest absolute Gasteiger partial charge is 0.354 e. The first-order chi connectivity index (χ1) is 18.4. The molecule has 1 aromatic carbocycles. The van der Waals surface area contributed by atoms with Crippen LogP contribution in [0.1, 0.15) is 0 Å². The van der Waals surface area contributed by atoms with Gasteiger partial charge in [0.25, 0.3) is 0 Å². The van der Waals surface area contributed by atoms with E-state index in [0.29, 0.717) is 32.1 Å². The van der Waals surface area contributed by atoms with Gasteiger partial charge in [-0.1, -0.05) is 30.3 Å². The quantitative estimate of drug-likeness (QED) is 0.357. The Labute approximate surface area is 220 Å². The van der Waals surface area contributed by atoms with Crippen LogP contribution in [0, 0.1) is 0 Å². The molecule has 38 heavy (non-hydrogen) atoms. The second kappa shape index (κ2) is 9.84. The minimum Gasteiger partial charge on any atom is -0.354 e. The number of piperazine rings is 1. The summed E-state index contributed by atoms with van der Waals surface area (Å²) in [6.07, 6.45) is 8.58. The Morgan fingerprint density at radius 2 is 1.63 bits per heavy atom. The zero-order chi connectivity index (χ0) is 26.1. The first-order valence-corrected chi connectivity index (χ1v) is 14.1. The molecule has 0 bridgehead atoms. The topological polar surface area (TPSA) is 109 Å². The molecule has 6 rings (SSSR count). The van der Waals surface area contributed by atoms with E-state index in [1.165, 1.54) is 10.6 Å². The molecular weight excluding hydrogens is 500 g/mol. The molecule has 1 aliphatic heterocycles. The highest BCUT2D eigenvalue weighted by Gasteiger charge is 2.24. The molecule has 0 radical (unpaired) electrons. The number of hydrogen-bond acceptors (Lipinski definition) is 8.